The Kier molecular flexibility index (Phi) is 2.46. The Morgan fingerprint density at radius 3 is 2.21 bits per heavy atom. The second-order valence-electron chi connectivity index (χ2n) is 2.76. The Hall–Kier alpha value is -1.59. The molecule has 1 aromatic carbocycles. The maximum Gasteiger partial charge on any atom is 0.573 e. The molecular formula is C8H9F3N2O. The first-order valence-electron chi connectivity index (χ1n) is 3.71. The van der Waals surface area contributed by atoms with Crippen molar-refractivity contribution >= 4 is 11.4 Å². The van der Waals surface area contributed by atoms with Gasteiger partial charge in [0.15, 0.2) is 5.75 Å². The first-order chi connectivity index (χ1) is 6.31. The molecule has 6 heteroatoms. The SMILES string of the molecule is Cc1ccc(OC(F)(F)F)c(N)c1N. The van der Waals surface area contributed by atoms with Crippen molar-refractivity contribution in [1.29, 1.82) is 0 Å². The van der Waals surface area contributed by atoms with E-state index in [4.69, 9.17) is 11.5 Å². The van der Waals surface area contributed by atoms with Crippen molar-refractivity contribution in [2.75, 3.05) is 11.5 Å². The molecule has 3 nitrogen and oxygen atoms in total. The van der Waals surface area contributed by atoms with Gasteiger partial charge in [0.1, 0.15) is 0 Å². The molecule has 1 rings (SSSR count). The van der Waals surface area contributed by atoms with Crippen molar-refractivity contribution < 1.29 is 17.9 Å². The lowest BCUT2D eigenvalue weighted by molar-refractivity contribution is -0.274. The van der Waals surface area contributed by atoms with Crippen molar-refractivity contribution in [3.63, 3.8) is 0 Å². The van der Waals surface area contributed by atoms with E-state index in [1.807, 2.05) is 0 Å². The average molecular weight is 206 g/mol. The summed E-state index contributed by atoms with van der Waals surface area (Å²) in [5.41, 5.74) is 11.3. The lowest BCUT2D eigenvalue weighted by atomic mass is 10.1. The maximum absolute atomic E-state index is 11.8. The Morgan fingerprint density at radius 2 is 1.71 bits per heavy atom. The molecule has 1 aromatic rings. The third kappa shape index (κ3) is 2.21. The van der Waals surface area contributed by atoms with Gasteiger partial charge in [-0.3, -0.25) is 0 Å². The first kappa shape index (κ1) is 10.5. The van der Waals surface area contributed by atoms with Crippen molar-refractivity contribution in [3.8, 4) is 5.75 Å². The van der Waals surface area contributed by atoms with E-state index < -0.39 is 12.1 Å². The first-order valence-corrected chi connectivity index (χ1v) is 3.71. The summed E-state index contributed by atoms with van der Waals surface area (Å²) in [6.07, 6.45) is -4.75. The molecule has 0 fully saturated rings. The smallest absolute Gasteiger partial charge is 0.403 e. The van der Waals surface area contributed by atoms with E-state index in [-0.39, 0.29) is 11.4 Å². The topological polar surface area (TPSA) is 61.3 Å². The van der Waals surface area contributed by atoms with Gasteiger partial charge in [0.05, 0.1) is 11.4 Å². The van der Waals surface area contributed by atoms with Crippen LogP contribution in [0.1, 0.15) is 5.56 Å². The monoisotopic (exact) mass is 206 g/mol. The minimum absolute atomic E-state index is 0.103. The number of nitrogens with two attached hydrogens (primary N) is 2. The lowest BCUT2D eigenvalue weighted by Gasteiger charge is -2.13. The number of ether oxygens (including phenoxy) is 1. The fraction of sp³-hybridized carbons (Fsp3) is 0.250. The van der Waals surface area contributed by atoms with Gasteiger partial charge in [0.25, 0.3) is 0 Å². The molecule has 0 atom stereocenters. The number of halogens is 3. The molecule has 0 aromatic heterocycles. The Balaban J connectivity index is 3.06. The predicted octanol–water partition coefficient (Wildman–Crippen LogP) is 2.06. The van der Waals surface area contributed by atoms with Crippen LogP contribution in [-0.4, -0.2) is 6.36 Å². The molecular weight excluding hydrogens is 197 g/mol. The van der Waals surface area contributed by atoms with Crippen LogP contribution in [0.3, 0.4) is 0 Å². The Morgan fingerprint density at radius 1 is 1.14 bits per heavy atom. The lowest BCUT2D eigenvalue weighted by Crippen LogP contribution is -2.18. The zero-order valence-corrected chi connectivity index (χ0v) is 7.35. The van der Waals surface area contributed by atoms with E-state index in [9.17, 15) is 13.2 Å². The number of hydrogen-bond acceptors (Lipinski definition) is 3. The second kappa shape index (κ2) is 3.28. The summed E-state index contributed by atoms with van der Waals surface area (Å²) in [6, 6.07) is 2.54. The predicted molar refractivity (Wildman–Crippen MR) is 46.7 cm³/mol. The van der Waals surface area contributed by atoms with Crippen molar-refractivity contribution in [3.05, 3.63) is 17.7 Å². The normalized spacial score (nSPS) is 11.4. The van der Waals surface area contributed by atoms with Crippen LogP contribution in [0.5, 0.6) is 5.75 Å². The molecule has 4 N–H and O–H groups in total. The Labute approximate surface area is 78.5 Å². The van der Waals surface area contributed by atoms with Gasteiger partial charge in [-0.15, -0.1) is 13.2 Å². The van der Waals surface area contributed by atoms with Crippen LogP contribution in [0, 0.1) is 6.92 Å². The summed E-state index contributed by atoms with van der Waals surface area (Å²) in [5, 5.41) is 0. The third-order valence-corrected chi connectivity index (χ3v) is 1.69. The van der Waals surface area contributed by atoms with E-state index in [2.05, 4.69) is 4.74 Å². The summed E-state index contributed by atoms with van der Waals surface area (Å²) in [7, 11) is 0. The van der Waals surface area contributed by atoms with Gasteiger partial charge in [0, 0.05) is 0 Å². The van der Waals surface area contributed by atoms with E-state index >= 15 is 0 Å². The van der Waals surface area contributed by atoms with Crippen molar-refractivity contribution in [2.24, 2.45) is 0 Å². The molecule has 78 valence electrons. The fourth-order valence-corrected chi connectivity index (χ4v) is 0.939. The van der Waals surface area contributed by atoms with E-state index in [1.165, 1.54) is 6.07 Å². The summed E-state index contributed by atoms with van der Waals surface area (Å²) < 4.78 is 39.2. The highest BCUT2D eigenvalue weighted by molar-refractivity contribution is 5.73. The third-order valence-electron chi connectivity index (χ3n) is 1.69. The van der Waals surface area contributed by atoms with Crippen LogP contribution < -0.4 is 16.2 Å². The van der Waals surface area contributed by atoms with Gasteiger partial charge in [0.2, 0.25) is 0 Å². The molecule has 0 bridgehead atoms. The fourth-order valence-electron chi connectivity index (χ4n) is 0.939. The molecule has 14 heavy (non-hydrogen) atoms. The zero-order chi connectivity index (χ0) is 10.9. The highest BCUT2D eigenvalue weighted by atomic mass is 19.4. The summed E-state index contributed by atoms with van der Waals surface area (Å²) in [4.78, 5) is 0. The van der Waals surface area contributed by atoms with E-state index in [1.54, 1.807) is 6.92 Å². The molecule has 0 aliphatic rings. The van der Waals surface area contributed by atoms with Crippen molar-refractivity contribution in [2.45, 2.75) is 13.3 Å². The number of benzene rings is 1. The largest absolute Gasteiger partial charge is 0.573 e. The molecule has 0 saturated carbocycles. The molecule has 0 heterocycles. The minimum atomic E-state index is -4.75. The van der Waals surface area contributed by atoms with Gasteiger partial charge >= 0.3 is 6.36 Å². The van der Waals surface area contributed by atoms with E-state index in [0.29, 0.717) is 5.56 Å². The van der Waals surface area contributed by atoms with Crippen LogP contribution in [0.4, 0.5) is 24.5 Å². The van der Waals surface area contributed by atoms with Gasteiger partial charge in [-0.2, -0.15) is 0 Å². The van der Waals surface area contributed by atoms with Gasteiger partial charge in [-0.25, -0.2) is 0 Å². The molecule has 0 radical (unpaired) electrons. The number of anilines is 2. The molecule has 0 saturated heterocycles. The van der Waals surface area contributed by atoms with Crippen molar-refractivity contribution in [1.82, 2.24) is 0 Å². The summed E-state index contributed by atoms with van der Waals surface area (Å²) in [6.45, 7) is 1.64. The maximum atomic E-state index is 11.8. The quantitative estimate of drug-likeness (QED) is 0.691. The van der Waals surface area contributed by atoms with E-state index in [0.717, 1.165) is 6.07 Å². The Bertz CT molecular complexity index is 349. The number of aryl methyl sites for hydroxylation is 1. The van der Waals surface area contributed by atoms with Crippen LogP contribution in [0.15, 0.2) is 12.1 Å². The average Bonchev–Trinajstić information content (AvgIpc) is 2.04. The highest BCUT2D eigenvalue weighted by Gasteiger charge is 2.32. The van der Waals surface area contributed by atoms with Crippen LogP contribution in [-0.2, 0) is 0 Å². The number of hydrogen-bond donors (Lipinski definition) is 2. The molecule has 0 unspecified atom stereocenters. The second-order valence-corrected chi connectivity index (χ2v) is 2.76. The molecule has 0 aliphatic heterocycles. The van der Waals surface area contributed by atoms with Crippen LogP contribution >= 0.6 is 0 Å². The minimum Gasteiger partial charge on any atom is -0.403 e. The standard InChI is InChI=1S/C8H9F3N2O/c1-4-2-3-5(7(13)6(4)12)14-8(9,10)11/h2-3H,12-13H2,1H3. The summed E-state index contributed by atoms with van der Waals surface area (Å²) in [5.74, 6) is -0.472. The van der Waals surface area contributed by atoms with Crippen LogP contribution in [0.2, 0.25) is 0 Å². The highest BCUT2D eigenvalue weighted by Crippen LogP contribution is 2.33. The number of alkyl halides is 3. The summed E-state index contributed by atoms with van der Waals surface area (Å²) >= 11 is 0. The molecule has 0 spiro atoms. The van der Waals surface area contributed by atoms with Gasteiger partial charge < -0.3 is 16.2 Å². The number of rotatable bonds is 1. The van der Waals surface area contributed by atoms with Gasteiger partial charge in [-0.1, -0.05) is 6.07 Å². The molecule has 0 aliphatic carbocycles. The zero-order valence-electron chi connectivity index (χ0n) is 7.35. The van der Waals surface area contributed by atoms with Gasteiger partial charge in [-0.05, 0) is 18.6 Å². The molecule has 0 amide bonds. The number of nitrogen functional groups attached to an aromatic ring is 2. The van der Waals surface area contributed by atoms with Crippen LogP contribution in [0.25, 0.3) is 0 Å².